The number of rotatable bonds is 6. The third kappa shape index (κ3) is 3.72. The molecular weight excluding hydrogens is 194 g/mol. The summed E-state index contributed by atoms with van der Waals surface area (Å²) >= 11 is 0. The van der Waals surface area contributed by atoms with Crippen molar-refractivity contribution < 1.29 is 14.2 Å². The van der Waals surface area contributed by atoms with Gasteiger partial charge in [0.25, 0.3) is 0 Å². The van der Waals surface area contributed by atoms with E-state index in [0.717, 1.165) is 19.7 Å². The quantitative estimate of drug-likeness (QED) is 0.714. The second-order valence-corrected chi connectivity index (χ2v) is 3.95. The van der Waals surface area contributed by atoms with Gasteiger partial charge in [-0.15, -0.1) is 0 Å². The summed E-state index contributed by atoms with van der Waals surface area (Å²) in [4.78, 5) is 0. The van der Waals surface area contributed by atoms with E-state index in [1.54, 1.807) is 0 Å². The van der Waals surface area contributed by atoms with Gasteiger partial charge in [0.15, 0.2) is 0 Å². The van der Waals surface area contributed by atoms with Crippen molar-refractivity contribution in [2.24, 2.45) is 0 Å². The topological polar surface area (TPSA) is 39.7 Å². The summed E-state index contributed by atoms with van der Waals surface area (Å²) in [5.41, 5.74) is -0.335. The maximum atomic E-state index is 5.78. The predicted molar refractivity (Wildman–Crippen MR) is 59.1 cm³/mol. The monoisotopic (exact) mass is 217 g/mol. The summed E-state index contributed by atoms with van der Waals surface area (Å²) < 4.78 is 17.0. The van der Waals surface area contributed by atoms with Crippen LogP contribution in [0.1, 0.15) is 20.8 Å². The molecular formula is C11H23NO3. The van der Waals surface area contributed by atoms with Crippen molar-refractivity contribution in [2.75, 3.05) is 39.5 Å². The van der Waals surface area contributed by atoms with Crippen molar-refractivity contribution in [3.8, 4) is 0 Å². The summed E-state index contributed by atoms with van der Waals surface area (Å²) in [6.07, 6.45) is 0.0812. The molecule has 0 aromatic heterocycles. The smallest absolute Gasteiger partial charge is 0.116 e. The van der Waals surface area contributed by atoms with Crippen molar-refractivity contribution in [3.63, 3.8) is 0 Å². The van der Waals surface area contributed by atoms with Crippen molar-refractivity contribution in [1.82, 2.24) is 5.32 Å². The first-order chi connectivity index (χ1) is 7.23. The Morgan fingerprint density at radius 3 is 2.73 bits per heavy atom. The highest BCUT2D eigenvalue weighted by Crippen LogP contribution is 2.20. The lowest BCUT2D eigenvalue weighted by molar-refractivity contribution is -0.168. The third-order valence-corrected chi connectivity index (χ3v) is 2.68. The SMILES string of the molecule is CCOCC(C)(OCC)C1CNCCO1. The number of hydrogen-bond donors (Lipinski definition) is 1. The molecule has 0 spiro atoms. The van der Waals surface area contributed by atoms with Gasteiger partial charge >= 0.3 is 0 Å². The molecule has 1 aliphatic rings. The van der Waals surface area contributed by atoms with Crippen LogP contribution >= 0.6 is 0 Å². The molecule has 2 atom stereocenters. The van der Waals surface area contributed by atoms with Crippen molar-refractivity contribution in [2.45, 2.75) is 32.5 Å². The van der Waals surface area contributed by atoms with Crippen LogP contribution in [0, 0.1) is 0 Å². The van der Waals surface area contributed by atoms with E-state index in [-0.39, 0.29) is 11.7 Å². The van der Waals surface area contributed by atoms with Crippen LogP contribution in [0.25, 0.3) is 0 Å². The molecule has 0 amide bonds. The Kier molecular flexibility index (Phi) is 5.53. The van der Waals surface area contributed by atoms with Crippen LogP contribution in [0.5, 0.6) is 0 Å². The first-order valence-electron chi connectivity index (χ1n) is 5.77. The Balaban J connectivity index is 2.52. The highest BCUT2D eigenvalue weighted by Gasteiger charge is 2.37. The fourth-order valence-electron chi connectivity index (χ4n) is 1.82. The molecule has 1 heterocycles. The molecule has 2 unspecified atom stereocenters. The van der Waals surface area contributed by atoms with E-state index in [2.05, 4.69) is 12.2 Å². The second-order valence-electron chi connectivity index (χ2n) is 3.95. The normalized spacial score (nSPS) is 26.2. The fourth-order valence-corrected chi connectivity index (χ4v) is 1.82. The molecule has 4 heteroatoms. The fraction of sp³-hybridized carbons (Fsp3) is 1.00. The molecule has 1 fully saturated rings. The van der Waals surface area contributed by atoms with Crippen LogP contribution in [0.2, 0.25) is 0 Å². The number of hydrogen-bond acceptors (Lipinski definition) is 4. The zero-order valence-corrected chi connectivity index (χ0v) is 10.0. The van der Waals surface area contributed by atoms with Gasteiger partial charge in [-0.25, -0.2) is 0 Å². The Morgan fingerprint density at radius 2 is 2.20 bits per heavy atom. The largest absolute Gasteiger partial charge is 0.379 e. The molecule has 1 N–H and O–H groups in total. The second kappa shape index (κ2) is 6.43. The molecule has 0 bridgehead atoms. The van der Waals surface area contributed by atoms with E-state index in [1.165, 1.54) is 0 Å². The van der Waals surface area contributed by atoms with Gasteiger partial charge in [-0.1, -0.05) is 0 Å². The molecule has 1 aliphatic heterocycles. The van der Waals surface area contributed by atoms with Gasteiger partial charge in [-0.05, 0) is 20.8 Å². The molecule has 4 nitrogen and oxygen atoms in total. The molecule has 90 valence electrons. The minimum atomic E-state index is -0.335. The predicted octanol–water partition coefficient (Wildman–Crippen LogP) is 0.806. The third-order valence-electron chi connectivity index (χ3n) is 2.68. The van der Waals surface area contributed by atoms with Gasteiger partial charge in [0, 0.05) is 26.3 Å². The summed E-state index contributed by atoms with van der Waals surface area (Å²) in [6.45, 7) is 10.5. The van der Waals surface area contributed by atoms with Crippen LogP contribution in [-0.4, -0.2) is 51.2 Å². The van der Waals surface area contributed by atoms with Crippen LogP contribution < -0.4 is 5.32 Å². The molecule has 1 rings (SSSR count). The minimum Gasteiger partial charge on any atom is -0.379 e. The Hall–Kier alpha value is -0.160. The Labute approximate surface area is 92.3 Å². The van der Waals surface area contributed by atoms with Gasteiger partial charge in [0.2, 0.25) is 0 Å². The maximum absolute atomic E-state index is 5.78. The van der Waals surface area contributed by atoms with Crippen LogP contribution in [0.15, 0.2) is 0 Å². The standard InChI is InChI=1S/C11H23NO3/c1-4-13-9-11(3,15-5-2)10-8-12-6-7-14-10/h10,12H,4-9H2,1-3H3. The lowest BCUT2D eigenvalue weighted by Gasteiger charge is -2.39. The molecule has 0 radical (unpaired) electrons. The first kappa shape index (κ1) is 12.9. The maximum Gasteiger partial charge on any atom is 0.116 e. The highest BCUT2D eigenvalue weighted by molar-refractivity contribution is 4.88. The summed E-state index contributed by atoms with van der Waals surface area (Å²) in [5.74, 6) is 0. The van der Waals surface area contributed by atoms with E-state index in [4.69, 9.17) is 14.2 Å². The van der Waals surface area contributed by atoms with Crippen molar-refractivity contribution in [3.05, 3.63) is 0 Å². The Bertz CT molecular complexity index is 171. The first-order valence-corrected chi connectivity index (χ1v) is 5.77. The highest BCUT2D eigenvalue weighted by atomic mass is 16.6. The lowest BCUT2D eigenvalue weighted by Crippen LogP contribution is -2.55. The van der Waals surface area contributed by atoms with Gasteiger partial charge in [0.05, 0.1) is 13.2 Å². The van der Waals surface area contributed by atoms with E-state index in [0.29, 0.717) is 19.8 Å². The average Bonchev–Trinajstić information content (AvgIpc) is 2.28. The van der Waals surface area contributed by atoms with Gasteiger partial charge < -0.3 is 19.5 Å². The zero-order valence-electron chi connectivity index (χ0n) is 10.0. The average molecular weight is 217 g/mol. The lowest BCUT2D eigenvalue weighted by atomic mass is 9.98. The Morgan fingerprint density at radius 1 is 1.40 bits per heavy atom. The minimum absolute atomic E-state index is 0.0812. The van der Waals surface area contributed by atoms with Crippen LogP contribution in [0.3, 0.4) is 0 Å². The van der Waals surface area contributed by atoms with Crippen molar-refractivity contribution >= 4 is 0 Å². The summed E-state index contributed by atoms with van der Waals surface area (Å²) in [6, 6.07) is 0. The summed E-state index contributed by atoms with van der Waals surface area (Å²) in [5, 5.41) is 3.31. The number of morpholine rings is 1. The van der Waals surface area contributed by atoms with E-state index in [9.17, 15) is 0 Å². The van der Waals surface area contributed by atoms with E-state index in [1.807, 2.05) is 13.8 Å². The van der Waals surface area contributed by atoms with Crippen LogP contribution in [0.4, 0.5) is 0 Å². The molecule has 0 aromatic carbocycles. The molecule has 0 saturated carbocycles. The molecule has 15 heavy (non-hydrogen) atoms. The molecule has 0 aromatic rings. The van der Waals surface area contributed by atoms with E-state index < -0.39 is 0 Å². The molecule has 0 aliphatic carbocycles. The van der Waals surface area contributed by atoms with Gasteiger partial charge in [-0.2, -0.15) is 0 Å². The van der Waals surface area contributed by atoms with Gasteiger partial charge in [-0.3, -0.25) is 0 Å². The zero-order chi connectivity index (χ0) is 11.1. The van der Waals surface area contributed by atoms with Crippen molar-refractivity contribution in [1.29, 1.82) is 0 Å². The number of nitrogens with one attached hydrogen (secondary N) is 1. The number of ether oxygens (including phenoxy) is 3. The molecule has 1 saturated heterocycles. The summed E-state index contributed by atoms with van der Waals surface area (Å²) in [7, 11) is 0. The van der Waals surface area contributed by atoms with Gasteiger partial charge in [0.1, 0.15) is 11.7 Å². The van der Waals surface area contributed by atoms with E-state index >= 15 is 0 Å². The van der Waals surface area contributed by atoms with Crippen LogP contribution in [-0.2, 0) is 14.2 Å².